The van der Waals surface area contributed by atoms with Crippen molar-refractivity contribution >= 4 is 27.9 Å². The number of aromatic amines is 1. The van der Waals surface area contributed by atoms with Crippen molar-refractivity contribution in [2.24, 2.45) is 0 Å². The highest BCUT2D eigenvalue weighted by molar-refractivity contribution is 6.06. The molecule has 0 spiro atoms. The Labute approximate surface area is 141 Å². The number of anilines is 1. The normalized spacial score (nSPS) is 15.2. The number of rotatable bonds is 2. The second kappa shape index (κ2) is 5.00. The van der Waals surface area contributed by atoms with Gasteiger partial charge in [-0.25, -0.2) is 14.4 Å². The van der Waals surface area contributed by atoms with Crippen LogP contribution in [0, 0.1) is 12.7 Å². The number of benzene rings is 1. The van der Waals surface area contributed by atoms with Crippen LogP contribution in [-0.2, 0) is 0 Å². The molecular formula is C17H15FN6O. The zero-order chi connectivity index (χ0) is 17.1. The van der Waals surface area contributed by atoms with Crippen molar-refractivity contribution in [2.75, 3.05) is 18.0 Å². The Morgan fingerprint density at radius 1 is 1.24 bits per heavy atom. The molecular weight excluding hydrogens is 323 g/mol. The minimum absolute atomic E-state index is 0.291. The standard InChI is InChI=1S/C17H15FN6O/c1-9-14(5-19-17(21-9)23-7-11(25)8-23)24-13-3-2-10(18)4-12(13)16-15(24)6-20-22-16/h2-6,11,25H,7-8H2,1H3,(H,20,22). The summed E-state index contributed by atoms with van der Waals surface area (Å²) in [5.41, 5.74) is 4.11. The Morgan fingerprint density at radius 3 is 2.84 bits per heavy atom. The Balaban J connectivity index is 1.71. The summed E-state index contributed by atoms with van der Waals surface area (Å²) in [7, 11) is 0. The van der Waals surface area contributed by atoms with Gasteiger partial charge in [-0.1, -0.05) is 0 Å². The molecule has 0 unspecified atom stereocenters. The molecule has 1 aliphatic heterocycles. The smallest absolute Gasteiger partial charge is 0.225 e. The summed E-state index contributed by atoms with van der Waals surface area (Å²) in [5, 5.41) is 17.2. The lowest BCUT2D eigenvalue weighted by Gasteiger charge is -2.35. The van der Waals surface area contributed by atoms with Gasteiger partial charge in [-0.2, -0.15) is 5.10 Å². The topological polar surface area (TPSA) is 82.9 Å². The molecule has 7 nitrogen and oxygen atoms in total. The molecule has 8 heteroatoms. The summed E-state index contributed by atoms with van der Waals surface area (Å²) < 4.78 is 15.7. The first-order chi connectivity index (χ1) is 12.1. The third kappa shape index (κ3) is 2.04. The van der Waals surface area contributed by atoms with Gasteiger partial charge < -0.3 is 14.6 Å². The van der Waals surface area contributed by atoms with Gasteiger partial charge in [0.25, 0.3) is 0 Å². The third-order valence-electron chi connectivity index (χ3n) is 4.66. The fraction of sp³-hybridized carbons (Fsp3) is 0.235. The first-order valence-corrected chi connectivity index (χ1v) is 8.02. The average Bonchev–Trinajstić information content (AvgIpc) is 3.13. The molecule has 1 aliphatic rings. The van der Waals surface area contributed by atoms with Gasteiger partial charge in [0, 0.05) is 18.5 Å². The maximum absolute atomic E-state index is 13.7. The summed E-state index contributed by atoms with van der Waals surface area (Å²) in [4.78, 5) is 11.0. The van der Waals surface area contributed by atoms with Crippen LogP contribution in [0.15, 0.2) is 30.6 Å². The highest BCUT2D eigenvalue weighted by Gasteiger charge is 2.27. The first-order valence-electron chi connectivity index (χ1n) is 8.02. The molecule has 0 atom stereocenters. The van der Waals surface area contributed by atoms with Crippen LogP contribution in [-0.4, -0.2) is 49.0 Å². The van der Waals surface area contributed by atoms with E-state index in [9.17, 15) is 9.50 Å². The van der Waals surface area contributed by atoms with E-state index in [2.05, 4.69) is 20.2 Å². The van der Waals surface area contributed by atoms with Crippen molar-refractivity contribution in [3.63, 3.8) is 0 Å². The second-order valence-electron chi connectivity index (χ2n) is 6.33. The molecule has 1 saturated heterocycles. The number of aliphatic hydroxyl groups is 1. The lowest BCUT2D eigenvalue weighted by molar-refractivity contribution is 0.140. The summed E-state index contributed by atoms with van der Waals surface area (Å²) in [5.74, 6) is 0.318. The maximum atomic E-state index is 13.7. The van der Waals surface area contributed by atoms with Crippen LogP contribution in [0.1, 0.15) is 5.69 Å². The molecule has 0 bridgehead atoms. The highest BCUT2D eigenvalue weighted by atomic mass is 19.1. The number of hydrogen-bond acceptors (Lipinski definition) is 5. The van der Waals surface area contributed by atoms with Crippen LogP contribution in [0.2, 0.25) is 0 Å². The molecule has 0 aliphatic carbocycles. The molecule has 4 aromatic rings. The molecule has 0 radical (unpaired) electrons. The molecule has 5 rings (SSSR count). The number of H-pyrrole nitrogens is 1. The zero-order valence-corrected chi connectivity index (χ0v) is 13.4. The Bertz CT molecular complexity index is 1110. The molecule has 2 N–H and O–H groups in total. The Morgan fingerprint density at radius 2 is 2.08 bits per heavy atom. The second-order valence-corrected chi connectivity index (χ2v) is 6.33. The van der Waals surface area contributed by atoms with Crippen LogP contribution < -0.4 is 4.90 Å². The molecule has 1 fully saturated rings. The predicted molar refractivity (Wildman–Crippen MR) is 91.4 cm³/mol. The number of β-amino-alcohol motifs (C(OH)–C–C–N with tert-alkyl or cyclic N) is 1. The van der Waals surface area contributed by atoms with Crippen molar-refractivity contribution in [3.05, 3.63) is 42.1 Å². The maximum Gasteiger partial charge on any atom is 0.225 e. The highest BCUT2D eigenvalue weighted by Crippen LogP contribution is 2.32. The van der Waals surface area contributed by atoms with Gasteiger partial charge in [-0.05, 0) is 25.1 Å². The summed E-state index contributed by atoms with van der Waals surface area (Å²) in [6.07, 6.45) is 3.17. The van der Waals surface area contributed by atoms with Gasteiger partial charge >= 0.3 is 0 Å². The number of halogens is 1. The number of nitrogens with one attached hydrogen (secondary N) is 1. The van der Waals surface area contributed by atoms with Crippen LogP contribution in [0.3, 0.4) is 0 Å². The van der Waals surface area contributed by atoms with Gasteiger partial charge in [-0.15, -0.1) is 0 Å². The molecule has 0 saturated carbocycles. The minimum atomic E-state index is -0.308. The van der Waals surface area contributed by atoms with Gasteiger partial charge in [-0.3, -0.25) is 5.10 Å². The lowest BCUT2D eigenvalue weighted by Crippen LogP contribution is -2.51. The van der Waals surface area contributed by atoms with Crippen molar-refractivity contribution in [1.82, 2.24) is 24.7 Å². The Hall–Kier alpha value is -3.00. The number of aliphatic hydroxyl groups excluding tert-OH is 1. The van der Waals surface area contributed by atoms with E-state index in [-0.39, 0.29) is 11.9 Å². The van der Waals surface area contributed by atoms with E-state index in [1.807, 2.05) is 16.4 Å². The molecule has 25 heavy (non-hydrogen) atoms. The van der Waals surface area contributed by atoms with E-state index in [1.54, 1.807) is 18.5 Å². The van der Waals surface area contributed by atoms with Crippen molar-refractivity contribution in [2.45, 2.75) is 13.0 Å². The number of hydrogen-bond donors (Lipinski definition) is 2. The van der Waals surface area contributed by atoms with Gasteiger partial charge in [0.2, 0.25) is 5.95 Å². The molecule has 126 valence electrons. The van der Waals surface area contributed by atoms with Crippen LogP contribution >= 0.6 is 0 Å². The van der Waals surface area contributed by atoms with Gasteiger partial charge in [0.1, 0.15) is 5.82 Å². The first kappa shape index (κ1) is 14.4. The molecule has 1 aromatic carbocycles. The molecule has 4 heterocycles. The zero-order valence-electron chi connectivity index (χ0n) is 13.4. The van der Waals surface area contributed by atoms with E-state index in [0.717, 1.165) is 33.3 Å². The number of aromatic nitrogens is 5. The van der Waals surface area contributed by atoms with Crippen LogP contribution in [0.4, 0.5) is 10.3 Å². The van der Waals surface area contributed by atoms with Crippen LogP contribution in [0.25, 0.3) is 27.6 Å². The minimum Gasteiger partial charge on any atom is -0.389 e. The fourth-order valence-corrected chi connectivity index (χ4v) is 3.38. The van der Waals surface area contributed by atoms with E-state index >= 15 is 0 Å². The fourth-order valence-electron chi connectivity index (χ4n) is 3.38. The van der Waals surface area contributed by atoms with E-state index in [1.165, 1.54) is 12.1 Å². The number of fused-ring (bicyclic) bond motifs is 3. The monoisotopic (exact) mass is 338 g/mol. The summed E-state index contributed by atoms with van der Waals surface area (Å²) in [6, 6.07) is 4.69. The average molecular weight is 338 g/mol. The largest absolute Gasteiger partial charge is 0.389 e. The lowest BCUT2D eigenvalue weighted by atomic mass is 10.2. The van der Waals surface area contributed by atoms with Crippen molar-refractivity contribution in [3.8, 4) is 5.69 Å². The summed E-state index contributed by atoms with van der Waals surface area (Å²) >= 11 is 0. The quantitative estimate of drug-likeness (QED) is 0.583. The molecule has 0 amide bonds. The van der Waals surface area contributed by atoms with E-state index in [0.29, 0.717) is 19.0 Å². The molecule has 3 aromatic heterocycles. The van der Waals surface area contributed by atoms with Crippen molar-refractivity contribution in [1.29, 1.82) is 0 Å². The van der Waals surface area contributed by atoms with Gasteiger partial charge in [0.05, 0.1) is 46.4 Å². The predicted octanol–water partition coefficient (Wildman–Crippen LogP) is 1.93. The number of nitrogens with zero attached hydrogens (tertiary/aromatic N) is 5. The van der Waals surface area contributed by atoms with Gasteiger partial charge in [0.15, 0.2) is 0 Å². The summed E-state index contributed by atoms with van der Waals surface area (Å²) in [6.45, 7) is 3.02. The van der Waals surface area contributed by atoms with E-state index in [4.69, 9.17) is 0 Å². The SMILES string of the molecule is Cc1nc(N2CC(O)C2)ncc1-n1c2ccc(F)cc2c2[nH]ncc21. The van der Waals surface area contributed by atoms with E-state index < -0.39 is 0 Å². The van der Waals surface area contributed by atoms with Crippen LogP contribution in [0.5, 0.6) is 0 Å². The number of aryl methyl sites for hydroxylation is 1. The third-order valence-corrected chi connectivity index (χ3v) is 4.66. The Kier molecular flexibility index (Phi) is 2.87. The van der Waals surface area contributed by atoms with Crippen molar-refractivity contribution < 1.29 is 9.50 Å².